The second kappa shape index (κ2) is 6.52. The molecule has 5 heteroatoms. The summed E-state index contributed by atoms with van der Waals surface area (Å²) in [4.78, 5) is 22.5. The van der Waals surface area contributed by atoms with Crippen LogP contribution >= 0.6 is 0 Å². The van der Waals surface area contributed by atoms with Crippen molar-refractivity contribution in [2.75, 3.05) is 25.5 Å². The van der Waals surface area contributed by atoms with E-state index in [0.717, 1.165) is 5.69 Å². The molecule has 0 spiro atoms. The lowest BCUT2D eigenvalue weighted by Gasteiger charge is -2.06. The Bertz CT molecular complexity index is 387. The monoisotopic (exact) mass is 235 g/mol. The van der Waals surface area contributed by atoms with E-state index in [-0.39, 0.29) is 18.4 Å². The number of benzene rings is 1. The summed E-state index contributed by atoms with van der Waals surface area (Å²) < 4.78 is 0. The third-order valence-corrected chi connectivity index (χ3v) is 2.22. The molecule has 5 nitrogen and oxygen atoms in total. The molecule has 0 aromatic heterocycles. The summed E-state index contributed by atoms with van der Waals surface area (Å²) in [5.74, 6) is -0.178. The van der Waals surface area contributed by atoms with E-state index in [1.54, 1.807) is 31.3 Å². The summed E-state index contributed by atoms with van der Waals surface area (Å²) >= 11 is 0. The predicted octanol–water partition coefficient (Wildman–Crippen LogP) is 0.594. The lowest BCUT2D eigenvalue weighted by molar-refractivity contribution is -0.118. The van der Waals surface area contributed by atoms with Crippen molar-refractivity contribution >= 4 is 17.5 Å². The number of hydrogen-bond donors (Lipinski definition) is 3. The maximum Gasteiger partial charge on any atom is 0.251 e. The van der Waals surface area contributed by atoms with Gasteiger partial charge < -0.3 is 16.0 Å². The van der Waals surface area contributed by atoms with Crippen LogP contribution in [0.2, 0.25) is 0 Å². The fourth-order valence-corrected chi connectivity index (χ4v) is 1.27. The average molecular weight is 235 g/mol. The summed E-state index contributed by atoms with van der Waals surface area (Å²) in [5, 5.41) is 8.18. The molecule has 0 saturated carbocycles. The Balaban J connectivity index is 2.56. The lowest BCUT2D eigenvalue weighted by atomic mass is 10.2. The summed E-state index contributed by atoms with van der Waals surface area (Å²) in [6.45, 7) is 2.70. The van der Waals surface area contributed by atoms with Crippen molar-refractivity contribution < 1.29 is 9.59 Å². The molecule has 0 heterocycles. The Labute approximate surface area is 101 Å². The highest BCUT2D eigenvalue weighted by Crippen LogP contribution is 2.08. The van der Waals surface area contributed by atoms with Gasteiger partial charge in [0, 0.05) is 24.8 Å². The minimum absolute atomic E-state index is 0.0854. The minimum Gasteiger partial charge on any atom is -0.376 e. The van der Waals surface area contributed by atoms with Crippen molar-refractivity contribution in [1.29, 1.82) is 0 Å². The van der Waals surface area contributed by atoms with Crippen LogP contribution in [0.25, 0.3) is 0 Å². The van der Waals surface area contributed by atoms with E-state index < -0.39 is 0 Å². The fraction of sp³-hybridized carbons (Fsp3) is 0.333. The molecule has 0 bridgehead atoms. The highest BCUT2D eigenvalue weighted by molar-refractivity contribution is 5.94. The molecule has 0 fully saturated rings. The standard InChI is InChI=1S/C12H17N3O2/c1-3-14-12(17)9-4-6-10(7-5-9)15-8-11(16)13-2/h4-7,15H,3,8H2,1-2H3,(H,13,16)(H,14,17). The molecule has 17 heavy (non-hydrogen) atoms. The van der Waals surface area contributed by atoms with Crippen LogP contribution in [0.4, 0.5) is 5.69 Å². The van der Waals surface area contributed by atoms with Crippen LogP contribution < -0.4 is 16.0 Å². The summed E-state index contributed by atoms with van der Waals surface area (Å²) in [6, 6.07) is 6.98. The average Bonchev–Trinajstić information content (AvgIpc) is 2.36. The molecule has 0 atom stereocenters. The van der Waals surface area contributed by atoms with Crippen LogP contribution in [0.15, 0.2) is 24.3 Å². The first-order valence-corrected chi connectivity index (χ1v) is 5.50. The zero-order valence-corrected chi connectivity index (χ0v) is 10.0. The molecule has 0 aliphatic rings. The molecule has 3 N–H and O–H groups in total. The van der Waals surface area contributed by atoms with Crippen LogP contribution in [0.3, 0.4) is 0 Å². The van der Waals surface area contributed by atoms with E-state index in [2.05, 4.69) is 16.0 Å². The maximum absolute atomic E-state index is 11.5. The molecule has 1 aromatic carbocycles. The second-order valence-corrected chi connectivity index (χ2v) is 3.46. The topological polar surface area (TPSA) is 70.2 Å². The first-order valence-electron chi connectivity index (χ1n) is 5.50. The zero-order valence-electron chi connectivity index (χ0n) is 10.0. The van der Waals surface area contributed by atoms with Crippen molar-refractivity contribution in [3.63, 3.8) is 0 Å². The van der Waals surface area contributed by atoms with Gasteiger partial charge in [-0.3, -0.25) is 9.59 Å². The van der Waals surface area contributed by atoms with Crippen molar-refractivity contribution in [2.24, 2.45) is 0 Å². The second-order valence-electron chi connectivity index (χ2n) is 3.46. The first kappa shape index (κ1) is 13.0. The van der Waals surface area contributed by atoms with E-state index in [0.29, 0.717) is 12.1 Å². The van der Waals surface area contributed by atoms with Crippen LogP contribution in [0.5, 0.6) is 0 Å². The van der Waals surface area contributed by atoms with Crippen molar-refractivity contribution in [3.05, 3.63) is 29.8 Å². The Morgan fingerprint density at radius 1 is 1.18 bits per heavy atom. The number of rotatable bonds is 5. The molecule has 1 aromatic rings. The van der Waals surface area contributed by atoms with Gasteiger partial charge in [-0.25, -0.2) is 0 Å². The number of likely N-dealkylation sites (N-methyl/N-ethyl adjacent to an activating group) is 1. The third-order valence-electron chi connectivity index (χ3n) is 2.22. The van der Waals surface area contributed by atoms with Gasteiger partial charge in [-0.15, -0.1) is 0 Å². The molecule has 1 rings (SSSR count). The highest BCUT2D eigenvalue weighted by atomic mass is 16.2. The molecule has 0 aliphatic carbocycles. The molecular weight excluding hydrogens is 218 g/mol. The van der Waals surface area contributed by atoms with Gasteiger partial charge in [-0.05, 0) is 31.2 Å². The Morgan fingerprint density at radius 3 is 2.35 bits per heavy atom. The van der Waals surface area contributed by atoms with Crippen LogP contribution in [0, 0.1) is 0 Å². The minimum atomic E-state index is -0.0923. The predicted molar refractivity (Wildman–Crippen MR) is 67.0 cm³/mol. The number of anilines is 1. The number of amides is 2. The van der Waals surface area contributed by atoms with E-state index in [1.807, 2.05) is 6.92 Å². The van der Waals surface area contributed by atoms with Gasteiger partial charge in [0.1, 0.15) is 0 Å². The van der Waals surface area contributed by atoms with Gasteiger partial charge in [0.2, 0.25) is 5.91 Å². The Kier molecular flexibility index (Phi) is 5.00. The summed E-state index contributed by atoms with van der Waals surface area (Å²) in [5.41, 5.74) is 1.42. The van der Waals surface area contributed by atoms with Crippen molar-refractivity contribution in [3.8, 4) is 0 Å². The smallest absolute Gasteiger partial charge is 0.251 e. The maximum atomic E-state index is 11.5. The van der Waals surface area contributed by atoms with Crippen molar-refractivity contribution in [2.45, 2.75) is 6.92 Å². The van der Waals surface area contributed by atoms with Crippen LogP contribution in [-0.2, 0) is 4.79 Å². The molecule has 0 radical (unpaired) electrons. The fourth-order valence-electron chi connectivity index (χ4n) is 1.27. The highest BCUT2D eigenvalue weighted by Gasteiger charge is 2.03. The summed E-state index contributed by atoms with van der Waals surface area (Å²) in [6.07, 6.45) is 0. The van der Waals surface area contributed by atoms with Crippen LogP contribution in [-0.4, -0.2) is 32.0 Å². The van der Waals surface area contributed by atoms with Gasteiger partial charge in [-0.1, -0.05) is 0 Å². The number of carbonyl (C=O) groups is 2. The summed E-state index contributed by atoms with van der Waals surface area (Å²) in [7, 11) is 1.59. The van der Waals surface area contributed by atoms with Gasteiger partial charge in [0.15, 0.2) is 0 Å². The zero-order chi connectivity index (χ0) is 12.7. The Morgan fingerprint density at radius 2 is 1.82 bits per heavy atom. The molecule has 0 aliphatic heterocycles. The SMILES string of the molecule is CCNC(=O)c1ccc(NCC(=O)NC)cc1. The number of carbonyl (C=O) groups excluding carboxylic acids is 2. The molecular formula is C12H17N3O2. The largest absolute Gasteiger partial charge is 0.376 e. The number of nitrogens with one attached hydrogen (secondary N) is 3. The van der Waals surface area contributed by atoms with Crippen LogP contribution in [0.1, 0.15) is 17.3 Å². The number of hydrogen-bond acceptors (Lipinski definition) is 3. The van der Waals surface area contributed by atoms with Gasteiger partial charge >= 0.3 is 0 Å². The molecule has 0 saturated heterocycles. The van der Waals surface area contributed by atoms with E-state index >= 15 is 0 Å². The molecule has 92 valence electrons. The van der Waals surface area contributed by atoms with E-state index in [9.17, 15) is 9.59 Å². The van der Waals surface area contributed by atoms with E-state index in [1.165, 1.54) is 0 Å². The Hall–Kier alpha value is -2.04. The van der Waals surface area contributed by atoms with Crippen molar-refractivity contribution in [1.82, 2.24) is 10.6 Å². The first-order chi connectivity index (χ1) is 8.17. The molecule has 0 unspecified atom stereocenters. The molecule has 2 amide bonds. The third kappa shape index (κ3) is 4.14. The van der Waals surface area contributed by atoms with Gasteiger partial charge in [-0.2, -0.15) is 0 Å². The van der Waals surface area contributed by atoms with Gasteiger partial charge in [0.25, 0.3) is 5.91 Å². The lowest BCUT2D eigenvalue weighted by Crippen LogP contribution is -2.26. The normalized spacial score (nSPS) is 9.53. The van der Waals surface area contributed by atoms with Gasteiger partial charge in [0.05, 0.1) is 6.54 Å². The van der Waals surface area contributed by atoms with E-state index in [4.69, 9.17) is 0 Å². The quantitative estimate of drug-likeness (QED) is 0.699.